The summed E-state index contributed by atoms with van der Waals surface area (Å²) in [6, 6.07) is 5.40. The molecule has 1 aliphatic heterocycles. The average Bonchev–Trinajstić information content (AvgIpc) is 2.49. The summed E-state index contributed by atoms with van der Waals surface area (Å²) in [5, 5.41) is 4.18. The van der Waals surface area contributed by atoms with Crippen LogP contribution in [0.3, 0.4) is 0 Å². The molecule has 1 fully saturated rings. The minimum absolute atomic E-state index is 0.0361. The second-order valence-electron chi connectivity index (χ2n) is 5.30. The van der Waals surface area contributed by atoms with E-state index < -0.39 is 0 Å². The molecule has 0 spiro atoms. The predicted molar refractivity (Wildman–Crippen MR) is 88.7 cm³/mol. The van der Waals surface area contributed by atoms with Crippen molar-refractivity contribution in [2.45, 2.75) is 12.8 Å². The normalized spacial score (nSPS) is 16.6. The molecule has 1 heterocycles. The summed E-state index contributed by atoms with van der Waals surface area (Å²) in [6.07, 6.45) is 5.42. The molecule has 0 bridgehead atoms. The highest BCUT2D eigenvalue weighted by molar-refractivity contribution is 6.42. The molecule has 0 unspecified atom stereocenters. The number of carbonyl (C=O) groups excluding carboxylic acids is 1. The lowest BCUT2D eigenvalue weighted by Gasteiger charge is -2.31. The van der Waals surface area contributed by atoms with E-state index in [1.54, 1.807) is 18.2 Å². The molecular weight excluding hydrogens is 307 g/mol. The highest BCUT2D eigenvalue weighted by atomic mass is 35.5. The summed E-state index contributed by atoms with van der Waals surface area (Å²) >= 11 is 12.1. The van der Waals surface area contributed by atoms with E-state index in [9.17, 15) is 4.79 Å². The van der Waals surface area contributed by atoms with E-state index >= 15 is 0 Å². The van der Waals surface area contributed by atoms with E-state index in [1.165, 1.54) is 0 Å². The maximum absolute atomic E-state index is 12.2. The average molecular weight is 327 g/mol. The minimum Gasteiger partial charge on any atom is -0.339 e. The number of rotatable bonds is 4. The lowest BCUT2D eigenvalue weighted by atomic mass is 9.97. The van der Waals surface area contributed by atoms with Crippen LogP contribution in [0.2, 0.25) is 10.0 Å². The minimum atomic E-state index is 0.0361. The fraction of sp³-hybridized carbons (Fsp3) is 0.438. The summed E-state index contributed by atoms with van der Waals surface area (Å²) in [5.74, 6) is 0.708. The van der Waals surface area contributed by atoms with Crippen LogP contribution in [-0.2, 0) is 4.79 Å². The smallest absolute Gasteiger partial charge is 0.246 e. The van der Waals surface area contributed by atoms with E-state index in [0.717, 1.165) is 38.0 Å². The number of hydrogen-bond acceptors (Lipinski definition) is 2. The number of amides is 1. The van der Waals surface area contributed by atoms with Crippen molar-refractivity contribution in [3.05, 3.63) is 39.9 Å². The Morgan fingerprint density at radius 2 is 2.10 bits per heavy atom. The molecule has 0 aliphatic carbocycles. The van der Waals surface area contributed by atoms with E-state index in [-0.39, 0.29) is 5.91 Å². The zero-order valence-electron chi connectivity index (χ0n) is 12.1. The molecule has 0 saturated carbocycles. The van der Waals surface area contributed by atoms with Gasteiger partial charge in [-0.05, 0) is 50.1 Å². The highest BCUT2D eigenvalue weighted by Gasteiger charge is 2.20. The maximum Gasteiger partial charge on any atom is 0.246 e. The molecule has 1 aromatic carbocycles. The quantitative estimate of drug-likeness (QED) is 0.859. The van der Waals surface area contributed by atoms with Gasteiger partial charge < -0.3 is 10.2 Å². The topological polar surface area (TPSA) is 32.3 Å². The number of carbonyl (C=O) groups is 1. The Morgan fingerprint density at radius 1 is 1.38 bits per heavy atom. The number of hydrogen-bond donors (Lipinski definition) is 1. The van der Waals surface area contributed by atoms with Crippen LogP contribution in [0.15, 0.2) is 24.3 Å². The number of nitrogens with one attached hydrogen (secondary N) is 1. The SMILES string of the molecule is CNCC1CCN(C(=O)C=Cc2cccc(Cl)c2Cl)CC1. The molecule has 1 N–H and O–H groups in total. The third kappa shape index (κ3) is 4.47. The fourth-order valence-electron chi connectivity index (χ4n) is 2.56. The molecule has 21 heavy (non-hydrogen) atoms. The number of benzene rings is 1. The maximum atomic E-state index is 12.2. The van der Waals surface area contributed by atoms with Crippen LogP contribution in [0, 0.1) is 5.92 Å². The largest absolute Gasteiger partial charge is 0.339 e. The van der Waals surface area contributed by atoms with Crippen LogP contribution in [0.5, 0.6) is 0 Å². The molecule has 2 rings (SSSR count). The predicted octanol–water partition coefficient (Wildman–Crippen LogP) is 3.46. The van der Waals surface area contributed by atoms with Crippen LogP contribution < -0.4 is 5.32 Å². The second kappa shape index (κ2) is 7.83. The Bertz CT molecular complexity index is 523. The Labute approximate surface area is 135 Å². The van der Waals surface area contributed by atoms with Crippen LogP contribution in [0.25, 0.3) is 6.08 Å². The Balaban J connectivity index is 1.93. The van der Waals surface area contributed by atoms with Gasteiger partial charge in [-0.25, -0.2) is 0 Å². The molecule has 5 heteroatoms. The van der Waals surface area contributed by atoms with Crippen molar-refractivity contribution < 1.29 is 4.79 Å². The molecule has 1 aromatic rings. The van der Waals surface area contributed by atoms with Gasteiger partial charge in [0, 0.05) is 19.2 Å². The highest BCUT2D eigenvalue weighted by Crippen LogP contribution is 2.26. The molecule has 0 radical (unpaired) electrons. The van der Waals surface area contributed by atoms with Crippen molar-refractivity contribution in [3.63, 3.8) is 0 Å². The lowest BCUT2D eigenvalue weighted by molar-refractivity contribution is -0.127. The first-order chi connectivity index (χ1) is 10.1. The van der Waals surface area contributed by atoms with E-state index in [1.807, 2.05) is 24.1 Å². The van der Waals surface area contributed by atoms with Crippen molar-refractivity contribution in [1.82, 2.24) is 10.2 Å². The van der Waals surface area contributed by atoms with Crippen molar-refractivity contribution in [2.75, 3.05) is 26.7 Å². The molecule has 1 amide bonds. The van der Waals surface area contributed by atoms with Crippen molar-refractivity contribution in [1.29, 1.82) is 0 Å². The van der Waals surface area contributed by atoms with Gasteiger partial charge in [0.1, 0.15) is 0 Å². The van der Waals surface area contributed by atoms with Crippen molar-refractivity contribution in [2.24, 2.45) is 5.92 Å². The van der Waals surface area contributed by atoms with Crippen molar-refractivity contribution >= 4 is 35.2 Å². The van der Waals surface area contributed by atoms with Gasteiger partial charge in [-0.15, -0.1) is 0 Å². The Hall–Kier alpha value is -1.03. The number of nitrogens with zero attached hydrogens (tertiary/aromatic N) is 1. The standard InChI is InChI=1S/C16H20Cl2N2O/c1-19-11-12-7-9-20(10-8-12)15(21)6-5-13-3-2-4-14(17)16(13)18/h2-6,12,19H,7-11H2,1H3. The molecule has 1 aliphatic rings. The fourth-order valence-corrected chi connectivity index (χ4v) is 2.93. The van der Waals surface area contributed by atoms with Crippen molar-refractivity contribution in [3.8, 4) is 0 Å². The van der Waals surface area contributed by atoms with E-state index in [4.69, 9.17) is 23.2 Å². The molecular formula is C16H20Cl2N2O. The Morgan fingerprint density at radius 3 is 2.76 bits per heavy atom. The van der Waals surface area contributed by atoms with Crippen LogP contribution in [0.1, 0.15) is 18.4 Å². The van der Waals surface area contributed by atoms with Gasteiger partial charge in [0.2, 0.25) is 5.91 Å². The number of likely N-dealkylation sites (tertiary alicyclic amines) is 1. The van der Waals surface area contributed by atoms with Gasteiger partial charge in [-0.1, -0.05) is 35.3 Å². The monoisotopic (exact) mass is 326 g/mol. The molecule has 0 atom stereocenters. The number of piperidine rings is 1. The van der Waals surface area contributed by atoms with Gasteiger partial charge in [-0.3, -0.25) is 4.79 Å². The van der Waals surface area contributed by atoms with Crippen LogP contribution >= 0.6 is 23.2 Å². The van der Waals surface area contributed by atoms with E-state index in [2.05, 4.69) is 5.32 Å². The van der Waals surface area contributed by atoms with Gasteiger partial charge in [0.25, 0.3) is 0 Å². The van der Waals surface area contributed by atoms with Crippen LogP contribution in [0.4, 0.5) is 0 Å². The summed E-state index contributed by atoms with van der Waals surface area (Å²) in [5.41, 5.74) is 0.766. The third-order valence-electron chi connectivity index (χ3n) is 3.81. The summed E-state index contributed by atoms with van der Waals surface area (Å²) in [7, 11) is 1.97. The van der Waals surface area contributed by atoms with Gasteiger partial charge >= 0.3 is 0 Å². The summed E-state index contributed by atoms with van der Waals surface area (Å²) in [6.45, 7) is 2.66. The van der Waals surface area contributed by atoms with Crippen LogP contribution in [-0.4, -0.2) is 37.5 Å². The van der Waals surface area contributed by atoms with Gasteiger partial charge in [0.05, 0.1) is 10.0 Å². The molecule has 3 nitrogen and oxygen atoms in total. The Kier molecular flexibility index (Phi) is 6.09. The first kappa shape index (κ1) is 16.3. The second-order valence-corrected chi connectivity index (χ2v) is 6.09. The van der Waals surface area contributed by atoms with E-state index in [0.29, 0.717) is 16.0 Å². The van der Waals surface area contributed by atoms with Gasteiger partial charge in [0.15, 0.2) is 0 Å². The zero-order valence-corrected chi connectivity index (χ0v) is 13.6. The lowest BCUT2D eigenvalue weighted by Crippen LogP contribution is -2.39. The molecule has 0 aromatic heterocycles. The molecule has 1 saturated heterocycles. The number of halogens is 2. The molecule has 114 valence electrons. The zero-order chi connectivity index (χ0) is 15.2. The summed E-state index contributed by atoms with van der Waals surface area (Å²) in [4.78, 5) is 14.1. The van der Waals surface area contributed by atoms with Gasteiger partial charge in [-0.2, -0.15) is 0 Å². The first-order valence-electron chi connectivity index (χ1n) is 7.17. The third-order valence-corrected chi connectivity index (χ3v) is 4.64. The first-order valence-corrected chi connectivity index (χ1v) is 7.93. The summed E-state index contributed by atoms with van der Waals surface area (Å²) < 4.78 is 0.